The predicted octanol–water partition coefficient (Wildman–Crippen LogP) is 3.75. The molecule has 2 aromatic rings. The topological polar surface area (TPSA) is 114 Å². The van der Waals surface area contributed by atoms with Gasteiger partial charge in [0.2, 0.25) is 0 Å². The smallest absolute Gasteiger partial charge is 0.343 e. The molecule has 0 saturated heterocycles. The van der Waals surface area contributed by atoms with Crippen molar-refractivity contribution in [3.63, 3.8) is 0 Å². The molecule has 0 atom stereocenters. The fraction of sp³-hybridized carbons (Fsp3) is 0.238. The van der Waals surface area contributed by atoms with Gasteiger partial charge in [0, 0.05) is 11.3 Å². The summed E-state index contributed by atoms with van der Waals surface area (Å²) in [7, 11) is 1.46. The predicted molar refractivity (Wildman–Crippen MR) is 114 cm³/mol. The Kier molecular flexibility index (Phi) is 9.37. The van der Waals surface area contributed by atoms with Crippen molar-refractivity contribution in [1.82, 2.24) is 0 Å². The highest BCUT2D eigenvalue weighted by atomic mass is 32.1. The molecule has 164 valence electrons. The van der Waals surface area contributed by atoms with Crippen molar-refractivity contribution in [3.8, 4) is 11.5 Å². The van der Waals surface area contributed by atoms with E-state index in [0.29, 0.717) is 16.2 Å². The molecule has 0 bridgehead atoms. The van der Waals surface area contributed by atoms with E-state index in [1.807, 2.05) is 0 Å². The summed E-state index contributed by atoms with van der Waals surface area (Å²) in [5, 5.41) is 9.10. The van der Waals surface area contributed by atoms with Crippen molar-refractivity contribution in [2.75, 3.05) is 20.3 Å². The number of hydrogen-bond acceptors (Lipinski definition) is 9. The molecule has 0 aliphatic heterocycles. The summed E-state index contributed by atoms with van der Waals surface area (Å²) in [6.45, 7) is -0.122. The molecule has 10 heteroatoms. The van der Waals surface area contributed by atoms with Gasteiger partial charge >= 0.3 is 11.9 Å². The van der Waals surface area contributed by atoms with Crippen LogP contribution in [0.25, 0.3) is 6.08 Å². The zero-order chi connectivity index (χ0) is 22.6. The van der Waals surface area contributed by atoms with Gasteiger partial charge in [0.05, 0.1) is 19.3 Å². The van der Waals surface area contributed by atoms with Gasteiger partial charge in [0.15, 0.2) is 11.5 Å². The third-order valence-electron chi connectivity index (χ3n) is 3.84. The fourth-order valence-electron chi connectivity index (χ4n) is 2.42. The van der Waals surface area contributed by atoms with Gasteiger partial charge in [-0.05, 0) is 48.4 Å². The largest absolute Gasteiger partial charge is 0.493 e. The Labute approximate surface area is 184 Å². The van der Waals surface area contributed by atoms with Gasteiger partial charge in [-0.25, -0.2) is 4.79 Å². The minimum atomic E-state index is -0.909. The molecular formula is C21H21NO8S. The molecule has 9 nitrogen and oxygen atoms in total. The van der Waals surface area contributed by atoms with Crippen molar-refractivity contribution >= 4 is 30.6 Å². The SMILES string of the molecule is COc1cc(/C=C/COC(=O)CCCO[N+](=O)[O-])ccc1OC(=O)c1cccc(S)c1. The average molecular weight is 447 g/mol. The Bertz CT molecular complexity index is 960. The van der Waals surface area contributed by atoms with Crippen LogP contribution in [0.5, 0.6) is 11.5 Å². The number of methoxy groups -OCH3 is 1. The standard InChI is InChI=1S/C21H21NO8S/c1-27-19-13-15(5-3-11-28-20(23)8-4-12-29-22(25)26)9-10-18(19)30-21(24)16-6-2-7-17(31)14-16/h2-3,5-7,9-10,13-14,31H,4,8,11-12H2,1H3/b5-3+. The van der Waals surface area contributed by atoms with E-state index in [9.17, 15) is 19.7 Å². The molecule has 0 aromatic heterocycles. The summed E-state index contributed by atoms with van der Waals surface area (Å²) in [5.74, 6) is -0.396. The van der Waals surface area contributed by atoms with Crippen LogP contribution in [-0.2, 0) is 14.4 Å². The number of nitrogens with zero attached hydrogens (tertiary/aromatic N) is 1. The highest BCUT2D eigenvalue weighted by Gasteiger charge is 2.13. The molecule has 0 aliphatic rings. The molecule has 2 aromatic carbocycles. The van der Waals surface area contributed by atoms with Gasteiger partial charge in [-0.1, -0.05) is 18.2 Å². The molecule has 0 radical (unpaired) electrons. The molecule has 0 unspecified atom stereocenters. The van der Waals surface area contributed by atoms with Gasteiger partial charge in [-0.3, -0.25) is 4.79 Å². The van der Waals surface area contributed by atoms with Gasteiger partial charge in [0.25, 0.3) is 5.09 Å². The Morgan fingerprint density at radius 1 is 1.16 bits per heavy atom. The average Bonchev–Trinajstić information content (AvgIpc) is 2.75. The molecule has 0 saturated carbocycles. The minimum Gasteiger partial charge on any atom is -0.493 e. The molecule has 0 aliphatic carbocycles. The number of esters is 2. The normalized spacial score (nSPS) is 10.5. The number of carbonyl (C=O) groups is 2. The van der Waals surface area contributed by atoms with Gasteiger partial charge in [0.1, 0.15) is 6.61 Å². The lowest BCUT2D eigenvalue weighted by atomic mass is 10.2. The molecular weight excluding hydrogens is 426 g/mol. The Morgan fingerprint density at radius 2 is 1.97 bits per heavy atom. The van der Waals surface area contributed by atoms with Crippen LogP contribution in [0, 0.1) is 10.1 Å². The number of benzene rings is 2. The molecule has 0 amide bonds. The lowest BCUT2D eigenvalue weighted by molar-refractivity contribution is -0.757. The van der Waals surface area contributed by atoms with E-state index in [4.69, 9.17) is 14.2 Å². The van der Waals surface area contributed by atoms with E-state index < -0.39 is 17.0 Å². The van der Waals surface area contributed by atoms with E-state index in [1.165, 1.54) is 7.11 Å². The first-order valence-electron chi connectivity index (χ1n) is 9.17. The van der Waals surface area contributed by atoms with Crippen LogP contribution in [-0.4, -0.2) is 37.3 Å². The maximum atomic E-state index is 12.3. The summed E-state index contributed by atoms with van der Waals surface area (Å²) < 4.78 is 15.7. The van der Waals surface area contributed by atoms with Crippen LogP contribution in [0.1, 0.15) is 28.8 Å². The minimum absolute atomic E-state index is 0.0195. The van der Waals surface area contributed by atoms with Crippen LogP contribution >= 0.6 is 12.6 Å². The second-order valence-electron chi connectivity index (χ2n) is 6.10. The Hall–Kier alpha value is -3.53. The van der Waals surface area contributed by atoms with E-state index in [2.05, 4.69) is 17.5 Å². The zero-order valence-corrected chi connectivity index (χ0v) is 17.6. The number of carbonyl (C=O) groups excluding carboxylic acids is 2. The molecule has 0 heterocycles. The summed E-state index contributed by atoms with van der Waals surface area (Å²) in [6.07, 6.45) is 3.55. The van der Waals surface area contributed by atoms with E-state index in [0.717, 1.165) is 5.56 Å². The van der Waals surface area contributed by atoms with Crippen LogP contribution in [0.3, 0.4) is 0 Å². The quantitative estimate of drug-likeness (QED) is 0.138. The highest BCUT2D eigenvalue weighted by molar-refractivity contribution is 7.80. The third-order valence-corrected chi connectivity index (χ3v) is 4.12. The number of hydrogen-bond donors (Lipinski definition) is 1. The summed E-state index contributed by atoms with van der Waals surface area (Å²) in [5.41, 5.74) is 1.11. The second-order valence-corrected chi connectivity index (χ2v) is 6.61. The number of thiol groups is 1. The highest BCUT2D eigenvalue weighted by Crippen LogP contribution is 2.29. The monoisotopic (exact) mass is 447 g/mol. The van der Waals surface area contributed by atoms with E-state index >= 15 is 0 Å². The molecule has 0 spiro atoms. The summed E-state index contributed by atoms with van der Waals surface area (Å²) >= 11 is 4.21. The van der Waals surface area contributed by atoms with Crippen molar-refractivity contribution in [3.05, 3.63) is 69.8 Å². The molecule has 2 rings (SSSR count). The second kappa shape index (κ2) is 12.2. The molecule has 0 N–H and O–H groups in total. The van der Waals surface area contributed by atoms with Gasteiger partial charge in [-0.15, -0.1) is 22.7 Å². The first-order chi connectivity index (χ1) is 14.9. The van der Waals surface area contributed by atoms with E-state index in [1.54, 1.807) is 54.6 Å². The van der Waals surface area contributed by atoms with Crippen LogP contribution < -0.4 is 9.47 Å². The number of ether oxygens (including phenoxy) is 3. The summed E-state index contributed by atoms with van der Waals surface area (Å²) in [6, 6.07) is 11.7. The Balaban J connectivity index is 1.87. The maximum Gasteiger partial charge on any atom is 0.343 e. The number of rotatable bonds is 11. The third kappa shape index (κ3) is 8.39. The lowest BCUT2D eigenvalue weighted by Crippen LogP contribution is -2.09. The van der Waals surface area contributed by atoms with Crippen molar-refractivity contribution in [2.45, 2.75) is 17.7 Å². The molecule has 0 fully saturated rings. The van der Waals surface area contributed by atoms with E-state index in [-0.39, 0.29) is 31.8 Å². The first-order valence-corrected chi connectivity index (χ1v) is 9.62. The van der Waals surface area contributed by atoms with Crippen LogP contribution in [0.15, 0.2) is 53.4 Å². The summed E-state index contributed by atoms with van der Waals surface area (Å²) in [4.78, 5) is 38.6. The van der Waals surface area contributed by atoms with Crippen LogP contribution in [0.4, 0.5) is 0 Å². The van der Waals surface area contributed by atoms with Gasteiger partial charge < -0.3 is 19.0 Å². The fourth-order valence-corrected chi connectivity index (χ4v) is 2.64. The van der Waals surface area contributed by atoms with Crippen LogP contribution in [0.2, 0.25) is 0 Å². The first kappa shape index (κ1) is 23.7. The van der Waals surface area contributed by atoms with Crippen molar-refractivity contribution in [1.29, 1.82) is 0 Å². The Morgan fingerprint density at radius 3 is 2.68 bits per heavy atom. The van der Waals surface area contributed by atoms with Gasteiger partial charge in [-0.2, -0.15) is 0 Å². The molecule has 31 heavy (non-hydrogen) atoms. The maximum absolute atomic E-state index is 12.3. The van der Waals surface area contributed by atoms with Crippen molar-refractivity contribution in [2.24, 2.45) is 0 Å². The zero-order valence-electron chi connectivity index (χ0n) is 16.7. The lowest BCUT2D eigenvalue weighted by Gasteiger charge is -2.10. The van der Waals surface area contributed by atoms with Crippen molar-refractivity contribution < 1.29 is 33.7 Å².